The second kappa shape index (κ2) is 14.5. The van der Waals surface area contributed by atoms with Crippen molar-refractivity contribution in [1.82, 2.24) is 5.32 Å². The van der Waals surface area contributed by atoms with E-state index in [2.05, 4.69) is 12.2 Å². The molecule has 0 bridgehead atoms. The van der Waals surface area contributed by atoms with Crippen LogP contribution in [0.4, 0.5) is 13.2 Å². The second-order valence-corrected chi connectivity index (χ2v) is 7.14. The minimum absolute atomic E-state index is 0.203. The first-order chi connectivity index (χ1) is 14.8. The highest BCUT2D eigenvalue weighted by Crippen LogP contribution is 2.31. The number of nitrogens with one attached hydrogen (secondary N) is 1. The lowest BCUT2D eigenvalue weighted by molar-refractivity contribution is -0.138. The van der Waals surface area contributed by atoms with Crippen LogP contribution in [-0.4, -0.2) is 24.7 Å². The van der Waals surface area contributed by atoms with Crippen LogP contribution in [0.25, 0.3) is 0 Å². The number of carbonyl (C=O) groups is 1. The van der Waals surface area contributed by atoms with Crippen molar-refractivity contribution in [2.45, 2.75) is 57.7 Å². The summed E-state index contributed by atoms with van der Waals surface area (Å²) >= 11 is 0. The third-order valence-electron chi connectivity index (χ3n) is 4.53. The van der Waals surface area contributed by atoms with E-state index >= 15 is 0 Å². The van der Waals surface area contributed by atoms with Crippen LogP contribution in [0, 0.1) is 0 Å². The number of carboxylic acid groups (broad SMARTS) is 1. The monoisotopic (exact) mass is 439 g/mol. The fraction of sp³-hybridized carbons (Fsp3) is 0.458. The molecule has 0 fully saturated rings. The fourth-order valence-corrected chi connectivity index (χ4v) is 2.83. The van der Waals surface area contributed by atoms with Crippen LogP contribution in [0.15, 0.2) is 54.6 Å². The molecule has 0 aliphatic heterocycles. The fourth-order valence-electron chi connectivity index (χ4n) is 2.83. The lowest BCUT2D eigenvalue weighted by Crippen LogP contribution is -2.16. The van der Waals surface area contributed by atoms with Gasteiger partial charge in [0.2, 0.25) is 0 Å². The zero-order valence-corrected chi connectivity index (χ0v) is 18.1. The molecule has 1 unspecified atom stereocenters. The third kappa shape index (κ3) is 11.4. The molecule has 0 aliphatic carbocycles. The van der Waals surface area contributed by atoms with Gasteiger partial charge >= 0.3 is 12.1 Å². The van der Waals surface area contributed by atoms with Gasteiger partial charge in [-0.25, -0.2) is 0 Å². The van der Waals surface area contributed by atoms with E-state index in [0.717, 1.165) is 49.9 Å². The Bertz CT molecular complexity index is 734. The second-order valence-electron chi connectivity index (χ2n) is 7.14. The summed E-state index contributed by atoms with van der Waals surface area (Å²) in [6.07, 6.45) is 0.745. The average molecular weight is 440 g/mol. The van der Waals surface area contributed by atoms with Crippen LogP contribution in [0.3, 0.4) is 0 Å². The van der Waals surface area contributed by atoms with E-state index in [0.29, 0.717) is 12.2 Å². The predicted octanol–water partition coefficient (Wildman–Crippen LogP) is 6.48. The van der Waals surface area contributed by atoms with Crippen molar-refractivity contribution in [2.75, 3.05) is 13.6 Å². The van der Waals surface area contributed by atoms with Gasteiger partial charge in [-0.2, -0.15) is 13.2 Å². The van der Waals surface area contributed by atoms with Crippen LogP contribution < -0.4 is 10.1 Å². The van der Waals surface area contributed by atoms with Gasteiger partial charge in [0, 0.05) is 12.8 Å². The molecular weight excluding hydrogens is 407 g/mol. The summed E-state index contributed by atoms with van der Waals surface area (Å²) in [7, 11) is 1.85. The number of benzene rings is 2. The summed E-state index contributed by atoms with van der Waals surface area (Å²) in [5, 5.41) is 11.3. The minimum Gasteiger partial charge on any atom is -0.486 e. The first-order valence-corrected chi connectivity index (χ1v) is 10.5. The van der Waals surface area contributed by atoms with E-state index < -0.39 is 17.7 Å². The predicted molar refractivity (Wildman–Crippen MR) is 116 cm³/mol. The van der Waals surface area contributed by atoms with Crippen LogP contribution in [0.1, 0.15) is 62.7 Å². The van der Waals surface area contributed by atoms with Crippen LogP contribution in [-0.2, 0) is 11.0 Å². The van der Waals surface area contributed by atoms with Crippen molar-refractivity contribution in [2.24, 2.45) is 0 Å². The summed E-state index contributed by atoms with van der Waals surface area (Å²) in [6, 6.07) is 14.4. The van der Waals surface area contributed by atoms with Crippen molar-refractivity contribution in [1.29, 1.82) is 0 Å². The lowest BCUT2D eigenvalue weighted by atomic mass is 10.1. The third-order valence-corrected chi connectivity index (χ3v) is 4.53. The molecule has 0 aliphatic rings. The molecule has 172 valence electrons. The van der Waals surface area contributed by atoms with Crippen LogP contribution in [0.2, 0.25) is 0 Å². The molecule has 0 spiro atoms. The Kier molecular flexibility index (Phi) is 12.4. The number of ether oxygens (including phenoxy) is 1. The largest absolute Gasteiger partial charge is 0.486 e. The maximum absolute atomic E-state index is 12.6. The molecule has 0 saturated heterocycles. The number of halogens is 3. The lowest BCUT2D eigenvalue weighted by Gasteiger charge is -2.20. The molecule has 0 radical (unpaired) electrons. The molecule has 31 heavy (non-hydrogen) atoms. The van der Waals surface area contributed by atoms with E-state index in [1.807, 2.05) is 37.4 Å². The summed E-state index contributed by atoms with van der Waals surface area (Å²) in [5.74, 6) is -0.246. The molecule has 1 atom stereocenters. The SMILES string of the molecule is CCCCCCC(=O)O.CNCCC(Oc1ccc(C(F)(F)F)cc1)c1ccccc1. The van der Waals surface area contributed by atoms with Crippen molar-refractivity contribution in [3.63, 3.8) is 0 Å². The van der Waals surface area contributed by atoms with Gasteiger partial charge in [0.05, 0.1) is 5.56 Å². The summed E-state index contributed by atoms with van der Waals surface area (Å²) in [4.78, 5) is 9.96. The summed E-state index contributed by atoms with van der Waals surface area (Å²) in [5.41, 5.74) is 0.323. The van der Waals surface area contributed by atoms with E-state index in [1.165, 1.54) is 18.6 Å². The van der Waals surface area contributed by atoms with E-state index in [-0.39, 0.29) is 6.10 Å². The summed E-state index contributed by atoms with van der Waals surface area (Å²) < 4.78 is 43.6. The molecule has 0 heterocycles. The Hall–Kier alpha value is -2.54. The van der Waals surface area contributed by atoms with E-state index in [4.69, 9.17) is 9.84 Å². The zero-order chi connectivity index (χ0) is 23.1. The number of rotatable bonds is 11. The quantitative estimate of drug-likeness (QED) is 0.394. The van der Waals surface area contributed by atoms with Gasteiger partial charge in [0.1, 0.15) is 11.9 Å². The minimum atomic E-state index is -4.33. The Morgan fingerprint density at radius 1 is 1.03 bits per heavy atom. The molecule has 2 N–H and O–H groups in total. The molecule has 2 aromatic rings. The van der Waals surface area contributed by atoms with Crippen molar-refractivity contribution in [3.05, 3.63) is 65.7 Å². The number of aliphatic carboxylic acids is 1. The van der Waals surface area contributed by atoms with Gasteiger partial charge in [-0.3, -0.25) is 4.79 Å². The van der Waals surface area contributed by atoms with Gasteiger partial charge in [-0.05, 0) is 49.8 Å². The highest BCUT2D eigenvalue weighted by Gasteiger charge is 2.30. The van der Waals surface area contributed by atoms with Gasteiger partial charge in [0.25, 0.3) is 0 Å². The molecule has 0 aromatic heterocycles. The van der Waals surface area contributed by atoms with Crippen molar-refractivity contribution >= 4 is 5.97 Å². The van der Waals surface area contributed by atoms with Crippen LogP contribution >= 0.6 is 0 Å². The first-order valence-electron chi connectivity index (χ1n) is 10.5. The Morgan fingerprint density at radius 2 is 1.68 bits per heavy atom. The van der Waals surface area contributed by atoms with Crippen molar-refractivity contribution < 1.29 is 27.8 Å². The van der Waals surface area contributed by atoms with E-state index in [1.54, 1.807) is 0 Å². The van der Waals surface area contributed by atoms with E-state index in [9.17, 15) is 18.0 Å². The molecule has 4 nitrogen and oxygen atoms in total. The van der Waals surface area contributed by atoms with Crippen molar-refractivity contribution in [3.8, 4) is 5.75 Å². The molecule has 7 heteroatoms. The molecule has 2 rings (SSSR count). The smallest absolute Gasteiger partial charge is 0.416 e. The molecule has 0 saturated carbocycles. The standard InChI is InChI=1S/C17H18F3NO.C7H14O2/c1-21-12-11-16(13-5-3-2-4-6-13)22-15-9-7-14(8-10-15)17(18,19)20;1-2-3-4-5-6-7(8)9/h2-10,16,21H,11-12H2,1H3;2-6H2,1H3,(H,8,9). The summed E-state index contributed by atoms with van der Waals surface area (Å²) in [6.45, 7) is 2.86. The van der Waals surface area contributed by atoms with Gasteiger partial charge < -0.3 is 15.2 Å². The highest BCUT2D eigenvalue weighted by molar-refractivity contribution is 5.66. The van der Waals surface area contributed by atoms with Crippen LogP contribution in [0.5, 0.6) is 5.75 Å². The maximum atomic E-state index is 12.6. The Morgan fingerprint density at radius 3 is 2.19 bits per heavy atom. The van der Waals surface area contributed by atoms with Gasteiger partial charge in [-0.15, -0.1) is 0 Å². The number of carboxylic acids is 1. The van der Waals surface area contributed by atoms with Gasteiger partial charge in [-0.1, -0.05) is 56.5 Å². The average Bonchev–Trinajstić information content (AvgIpc) is 2.75. The first kappa shape index (κ1) is 26.5. The normalized spacial score (nSPS) is 11.9. The zero-order valence-electron chi connectivity index (χ0n) is 18.1. The number of unbranched alkanes of at least 4 members (excludes halogenated alkanes) is 3. The molecule has 2 aromatic carbocycles. The molecule has 0 amide bonds. The number of hydrogen-bond donors (Lipinski definition) is 2. The molecular formula is C24H32F3NO3. The van der Waals surface area contributed by atoms with Gasteiger partial charge in [0.15, 0.2) is 0 Å². The maximum Gasteiger partial charge on any atom is 0.416 e. The Labute approximate surface area is 182 Å². The highest BCUT2D eigenvalue weighted by atomic mass is 19.4. The number of alkyl halides is 3. The topological polar surface area (TPSA) is 58.6 Å². The Balaban J connectivity index is 0.000000452. The number of hydrogen-bond acceptors (Lipinski definition) is 3.